The Balaban J connectivity index is 1.46. The summed E-state index contributed by atoms with van der Waals surface area (Å²) >= 11 is 0. The van der Waals surface area contributed by atoms with Gasteiger partial charge in [0.05, 0.1) is 18.2 Å². The van der Waals surface area contributed by atoms with Crippen molar-refractivity contribution in [2.24, 2.45) is 28.7 Å². The number of carbonyl (C=O) groups excluding carboxylic acids is 2. The van der Waals surface area contributed by atoms with Crippen molar-refractivity contribution >= 4 is 11.8 Å². The summed E-state index contributed by atoms with van der Waals surface area (Å²) in [5, 5.41) is 71.6. The Kier molecular flexibility index (Phi) is 22.5. The zero-order valence-corrected chi connectivity index (χ0v) is 36.5. The predicted molar refractivity (Wildman–Crippen MR) is 224 cm³/mol. The number of nitrogens with one attached hydrogen (secondary N) is 2. The van der Waals surface area contributed by atoms with Crippen molar-refractivity contribution in [2.45, 2.75) is 226 Å². The fourth-order valence-corrected chi connectivity index (χ4v) is 8.47. The van der Waals surface area contributed by atoms with Crippen LogP contribution in [-0.4, -0.2) is 178 Å². The van der Waals surface area contributed by atoms with E-state index in [0.29, 0.717) is 12.8 Å². The monoisotopic (exact) mass is 894 g/mol. The van der Waals surface area contributed by atoms with Gasteiger partial charge in [0, 0.05) is 44.6 Å². The summed E-state index contributed by atoms with van der Waals surface area (Å²) < 4.78 is 36.6. The highest BCUT2D eigenvalue weighted by Gasteiger charge is 2.54. The summed E-state index contributed by atoms with van der Waals surface area (Å²) in [6, 6.07) is -4.41. The van der Waals surface area contributed by atoms with Gasteiger partial charge in [0.25, 0.3) is 0 Å². The zero-order chi connectivity index (χ0) is 45.5. The number of aliphatic hydroxyl groups excluding tert-OH is 6. The molecule has 3 heterocycles. The summed E-state index contributed by atoms with van der Waals surface area (Å²) in [7, 11) is 0. The van der Waals surface area contributed by atoms with Gasteiger partial charge in [-0.1, -0.05) is 78.1 Å². The molecule has 4 fully saturated rings. The minimum Gasteiger partial charge on any atom is -0.389 e. The molecule has 1 saturated carbocycles. The highest BCUT2D eigenvalue weighted by Crippen LogP contribution is 2.34. The second kappa shape index (κ2) is 26.4. The van der Waals surface area contributed by atoms with Gasteiger partial charge < -0.3 is 98.4 Å². The molecule has 0 radical (unpaired) electrons. The SMILES string of the molecule is CCCCCCCCC(=O)NC[C@H]1O[C@H](O[C@H]2[C@H](O[C@@H]3O[C@H](CNC(=O)CCCCCCCC)[C@@H](O[C@H]4OC(CN)[C@@H](O)[C@H](O)[C@H]4N)[C@H]3O)[C@@H](O)[C@H](N)C[C@@H]2N)[C@H](N)[C@@H](O)[C@@H]1O. The summed E-state index contributed by atoms with van der Waals surface area (Å²) in [5.41, 5.74) is 31.1. The molecule has 0 bridgehead atoms. The third kappa shape index (κ3) is 14.6. The summed E-state index contributed by atoms with van der Waals surface area (Å²) in [6.45, 7) is 3.77. The number of rotatable bonds is 25. The van der Waals surface area contributed by atoms with Crippen LogP contribution in [0.5, 0.6) is 0 Å². The van der Waals surface area contributed by atoms with Gasteiger partial charge in [-0.25, -0.2) is 0 Å². The lowest BCUT2D eigenvalue weighted by molar-refractivity contribution is -0.307. The number of hydrogen-bond acceptors (Lipinski definition) is 19. The average molecular weight is 894 g/mol. The van der Waals surface area contributed by atoms with E-state index in [1.807, 2.05) is 0 Å². The molecule has 4 aliphatic rings. The van der Waals surface area contributed by atoms with E-state index in [1.165, 1.54) is 0 Å². The van der Waals surface area contributed by atoms with E-state index >= 15 is 0 Å². The normalized spacial score (nSPS) is 40.0. The molecule has 4 rings (SSSR count). The Hall–Kier alpha value is -1.74. The smallest absolute Gasteiger partial charge is 0.220 e. The van der Waals surface area contributed by atoms with Crippen LogP contribution in [0.1, 0.15) is 110 Å². The molecule has 1 unspecified atom stereocenters. The Morgan fingerprint density at radius 3 is 1.48 bits per heavy atom. The van der Waals surface area contributed by atoms with Gasteiger partial charge in [0.15, 0.2) is 18.9 Å². The molecule has 0 aromatic heterocycles. The van der Waals surface area contributed by atoms with Crippen molar-refractivity contribution in [1.82, 2.24) is 10.6 Å². The molecule has 19 atom stereocenters. The van der Waals surface area contributed by atoms with Crippen molar-refractivity contribution in [3.05, 3.63) is 0 Å². The van der Waals surface area contributed by atoms with Crippen LogP contribution < -0.4 is 39.3 Å². The first-order valence-electron chi connectivity index (χ1n) is 22.9. The maximum absolute atomic E-state index is 12.9. The van der Waals surface area contributed by atoms with E-state index < -0.39 is 116 Å². The molecular weight excluding hydrogens is 814 g/mol. The maximum atomic E-state index is 12.9. The first kappa shape index (κ1) is 52.9. The second-order valence-electron chi connectivity index (χ2n) is 17.5. The molecule has 21 heteroatoms. The number of nitrogens with two attached hydrogens (primary N) is 5. The van der Waals surface area contributed by atoms with E-state index in [1.54, 1.807) is 0 Å². The molecular formula is C41H79N7O14. The second-order valence-corrected chi connectivity index (χ2v) is 17.5. The van der Waals surface area contributed by atoms with E-state index in [2.05, 4.69) is 24.5 Å². The van der Waals surface area contributed by atoms with Crippen LogP contribution in [0.4, 0.5) is 0 Å². The van der Waals surface area contributed by atoms with Crippen LogP contribution in [0.3, 0.4) is 0 Å². The number of ether oxygens (including phenoxy) is 6. The molecule has 1 aliphatic carbocycles. The van der Waals surface area contributed by atoms with Crippen LogP contribution in [0.25, 0.3) is 0 Å². The summed E-state index contributed by atoms with van der Waals surface area (Å²) in [6.07, 6.45) is -8.00. The first-order valence-corrected chi connectivity index (χ1v) is 22.9. The average Bonchev–Trinajstić information content (AvgIpc) is 3.54. The largest absolute Gasteiger partial charge is 0.389 e. The minimum absolute atomic E-state index is 0.0528. The standard InChI is InChI=1S/C41H79N7O14/c1-3-5-7-9-11-13-15-26(49)47-19-24-32(53)34(55)29(46)40(58-24)60-36-22(44)17-21(43)30(51)38(36)62-41-35(56)37(61-39-28(45)33(54)31(52)23(18-42)57-39)25(59-41)20-48-27(50)16-14-12-10-8-6-4-2/h21-25,28-41,51-56H,3-20,42-46H2,1-2H3,(H,47,49)(H,48,50)/t21-,22+,23?,24-,25-,28-,29-,30+,31-,32-,33-,34-,35-,36-,37-,38-,39-,40-,41+/m1/s1. The summed E-state index contributed by atoms with van der Waals surface area (Å²) in [5.74, 6) is -0.495. The van der Waals surface area contributed by atoms with Crippen molar-refractivity contribution < 1.29 is 68.6 Å². The van der Waals surface area contributed by atoms with Gasteiger partial charge in [0.1, 0.15) is 67.1 Å². The van der Waals surface area contributed by atoms with Crippen molar-refractivity contribution in [1.29, 1.82) is 0 Å². The van der Waals surface area contributed by atoms with Gasteiger partial charge in [-0.05, 0) is 19.3 Å². The molecule has 18 N–H and O–H groups in total. The van der Waals surface area contributed by atoms with E-state index in [-0.39, 0.29) is 50.7 Å². The fourth-order valence-electron chi connectivity index (χ4n) is 8.47. The van der Waals surface area contributed by atoms with Crippen LogP contribution in [0.2, 0.25) is 0 Å². The van der Waals surface area contributed by atoms with Crippen LogP contribution in [0.15, 0.2) is 0 Å². The predicted octanol–water partition coefficient (Wildman–Crippen LogP) is -3.11. The molecule has 21 nitrogen and oxygen atoms in total. The summed E-state index contributed by atoms with van der Waals surface area (Å²) in [4.78, 5) is 25.5. The minimum atomic E-state index is -1.64. The fraction of sp³-hybridized carbons (Fsp3) is 0.951. The zero-order valence-electron chi connectivity index (χ0n) is 36.5. The molecule has 362 valence electrons. The first-order chi connectivity index (χ1) is 29.6. The lowest BCUT2D eigenvalue weighted by atomic mass is 9.84. The molecule has 2 amide bonds. The van der Waals surface area contributed by atoms with Gasteiger partial charge in [-0.2, -0.15) is 0 Å². The van der Waals surface area contributed by atoms with E-state index in [0.717, 1.165) is 64.2 Å². The van der Waals surface area contributed by atoms with Crippen LogP contribution in [0, 0.1) is 0 Å². The number of carbonyl (C=O) groups is 2. The van der Waals surface area contributed by atoms with Gasteiger partial charge >= 0.3 is 0 Å². The van der Waals surface area contributed by atoms with Gasteiger partial charge in [-0.15, -0.1) is 0 Å². The highest BCUT2D eigenvalue weighted by molar-refractivity contribution is 5.76. The van der Waals surface area contributed by atoms with E-state index in [9.17, 15) is 40.2 Å². The number of hydrogen-bond donors (Lipinski definition) is 13. The van der Waals surface area contributed by atoms with Crippen LogP contribution >= 0.6 is 0 Å². The molecule has 0 aromatic carbocycles. The molecule has 3 saturated heterocycles. The molecule has 62 heavy (non-hydrogen) atoms. The number of amides is 2. The number of aliphatic hydroxyl groups is 6. The van der Waals surface area contributed by atoms with Crippen molar-refractivity contribution in [2.75, 3.05) is 19.6 Å². The Morgan fingerprint density at radius 2 is 0.952 bits per heavy atom. The topological polar surface area (TPSA) is 365 Å². The Morgan fingerprint density at radius 1 is 0.516 bits per heavy atom. The van der Waals surface area contributed by atoms with E-state index in [4.69, 9.17) is 57.1 Å². The Bertz CT molecular complexity index is 1310. The molecule has 0 spiro atoms. The quantitative estimate of drug-likeness (QED) is 0.0403. The van der Waals surface area contributed by atoms with Gasteiger partial charge in [-0.3, -0.25) is 9.59 Å². The van der Waals surface area contributed by atoms with Crippen molar-refractivity contribution in [3.8, 4) is 0 Å². The highest BCUT2D eigenvalue weighted by atomic mass is 16.8. The third-order valence-electron chi connectivity index (χ3n) is 12.5. The van der Waals surface area contributed by atoms with Crippen molar-refractivity contribution in [3.63, 3.8) is 0 Å². The molecule has 3 aliphatic heterocycles. The molecule has 0 aromatic rings. The van der Waals surface area contributed by atoms with Gasteiger partial charge in [0.2, 0.25) is 11.8 Å². The lowest BCUT2D eigenvalue weighted by Crippen LogP contribution is -2.68. The number of unbranched alkanes of at least 4 members (excludes halogenated alkanes) is 10. The Labute approximate surface area is 365 Å². The third-order valence-corrected chi connectivity index (χ3v) is 12.5. The lowest BCUT2D eigenvalue weighted by Gasteiger charge is -2.47. The maximum Gasteiger partial charge on any atom is 0.220 e. The van der Waals surface area contributed by atoms with Crippen LogP contribution in [-0.2, 0) is 38.0 Å².